The first-order valence-electron chi connectivity index (χ1n) is 9.68. The average molecular weight is 399 g/mol. The second-order valence-corrected chi connectivity index (χ2v) is 6.74. The number of carbonyl (C=O) groups is 1. The highest BCUT2D eigenvalue weighted by Crippen LogP contribution is 2.35. The summed E-state index contributed by atoms with van der Waals surface area (Å²) >= 11 is 0. The number of ether oxygens (including phenoxy) is 1. The SMILES string of the molecule is CCOc1ccccc1-c1ccccc1NC(=O)c1nc2ccccc2n(C)c1=O. The third-order valence-corrected chi connectivity index (χ3v) is 4.85. The predicted octanol–water partition coefficient (Wildman–Crippen LogP) is 4.25. The van der Waals surface area contributed by atoms with E-state index in [2.05, 4.69) is 10.3 Å². The summed E-state index contributed by atoms with van der Waals surface area (Å²) in [6.45, 7) is 2.45. The molecule has 0 aliphatic heterocycles. The summed E-state index contributed by atoms with van der Waals surface area (Å²) < 4.78 is 7.18. The molecule has 30 heavy (non-hydrogen) atoms. The van der Waals surface area contributed by atoms with E-state index in [1.54, 1.807) is 25.2 Å². The van der Waals surface area contributed by atoms with Gasteiger partial charge in [0.25, 0.3) is 11.5 Å². The van der Waals surface area contributed by atoms with Gasteiger partial charge in [0, 0.05) is 23.9 Å². The highest BCUT2D eigenvalue weighted by molar-refractivity contribution is 6.05. The van der Waals surface area contributed by atoms with Crippen LogP contribution in [0, 0.1) is 0 Å². The van der Waals surface area contributed by atoms with Crippen molar-refractivity contribution in [2.45, 2.75) is 6.92 Å². The number of carbonyl (C=O) groups excluding carboxylic acids is 1. The minimum Gasteiger partial charge on any atom is -0.493 e. The van der Waals surface area contributed by atoms with Gasteiger partial charge >= 0.3 is 0 Å². The van der Waals surface area contributed by atoms with Gasteiger partial charge in [0.1, 0.15) is 5.75 Å². The first kappa shape index (κ1) is 19.4. The van der Waals surface area contributed by atoms with Crippen LogP contribution in [0.15, 0.2) is 77.6 Å². The number of benzene rings is 3. The molecule has 0 bridgehead atoms. The van der Waals surface area contributed by atoms with Crippen LogP contribution in [0.3, 0.4) is 0 Å². The molecular formula is C24H21N3O3. The molecular weight excluding hydrogens is 378 g/mol. The van der Waals surface area contributed by atoms with Crippen molar-refractivity contribution in [2.24, 2.45) is 7.05 Å². The number of nitrogens with one attached hydrogen (secondary N) is 1. The van der Waals surface area contributed by atoms with E-state index < -0.39 is 11.5 Å². The molecule has 0 atom stereocenters. The van der Waals surface area contributed by atoms with Crippen LogP contribution >= 0.6 is 0 Å². The van der Waals surface area contributed by atoms with Gasteiger partial charge in [-0.15, -0.1) is 0 Å². The second-order valence-electron chi connectivity index (χ2n) is 6.74. The van der Waals surface area contributed by atoms with Crippen molar-refractivity contribution in [3.05, 3.63) is 88.8 Å². The molecule has 0 unspecified atom stereocenters. The zero-order valence-corrected chi connectivity index (χ0v) is 16.8. The number of para-hydroxylation sites is 4. The lowest BCUT2D eigenvalue weighted by molar-refractivity contribution is 0.102. The minimum absolute atomic E-state index is 0.149. The quantitative estimate of drug-likeness (QED) is 0.544. The smallest absolute Gasteiger partial charge is 0.282 e. The lowest BCUT2D eigenvalue weighted by Gasteiger charge is -2.15. The third kappa shape index (κ3) is 3.55. The van der Waals surface area contributed by atoms with Crippen LogP contribution in [-0.4, -0.2) is 22.1 Å². The fraction of sp³-hybridized carbons (Fsp3) is 0.125. The van der Waals surface area contributed by atoms with Crippen molar-refractivity contribution in [3.8, 4) is 16.9 Å². The van der Waals surface area contributed by atoms with E-state index in [1.165, 1.54) is 4.57 Å². The summed E-state index contributed by atoms with van der Waals surface area (Å²) in [6, 6.07) is 22.3. The van der Waals surface area contributed by atoms with Crippen LogP contribution in [0.25, 0.3) is 22.2 Å². The van der Waals surface area contributed by atoms with Crippen LogP contribution in [0.5, 0.6) is 5.75 Å². The molecule has 1 aromatic heterocycles. The number of nitrogens with zero attached hydrogens (tertiary/aromatic N) is 2. The minimum atomic E-state index is -0.553. The van der Waals surface area contributed by atoms with Gasteiger partial charge < -0.3 is 14.6 Å². The number of hydrogen-bond acceptors (Lipinski definition) is 4. The zero-order valence-electron chi connectivity index (χ0n) is 16.8. The average Bonchev–Trinajstić information content (AvgIpc) is 2.77. The summed E-state index contributed by atoms with van der Waals surface area (Å²) in [7, 11) is 1.63. The first-order chi connectivity index (χ1) is 14.6. The number of hydrogen-bond donors (Lipinski definition) is 1. The molecule has 0 aliphatic rings. The molecule has 4 rings (SSSR count). The normalized spacial score (nSPS) is 10.7. The molecule has 1 heterocycles. The number of fused-ring (bicyclic) bond motifs is 1. The van der Waals surface area contributed by atoms with Crippen molar-refractivity contribution in [3.63, 3.8) is 0 Å². The molecule has 0 spiro atoms. The second kappa shape index (κ2) is 8.21. The van der Waals surface area contributed by atoms with Gasteiger partial charge in [0.15, 0.2) is 5.69 Å². The number of aryl methyl sites for hydroxylation is 1. The van der Waals surface area contributed by atoms with E-state index in [0.717, 1.165) is 16.9 Å². The van der Waals surface area contributed by atoms with Gasteiger partial charge in [-0.2, -0.15) is 0 Å². The molecule has 0 fully saturated rings. The highest BCUT2D eigenvalue weighted by Gasteiger charge is 2.18. The van der Waals surface area contributed by atoms with Gasteiger partial charge in [-0.25, -0.2) is 4.98 Å². The van der Waals surface area contributed by atoms with E-state index in [-0.39, 0.29) is 5.69 Å². The number of amides is 1. The summed E-state index contributed by atoms with van der Waals surface area (Å²) in [5, 5.41) is 2.86. The summed E-state index contributed by atoms with van der Waals surface area (Å²) in [5.41, 5.74) is 2.89. The van der Waals surface area contributed by atoms with Gasteiger partial charge in [0.05, 0.1) is 17.6 Å². The van der Waals surface area contributed by atoms with Gasteiger partial charge in [0.2, 0.25) is 0 Å². The predicted molar refractivity (Wildman–Crippen MR) is 118 cm³/mol. The Kier molecular flexibility index (Phi) is 5.30. The van der Waals surface area contributed by atoms with E-state index >= 15 is 0 Å². The maximum absolute atomic E-state index is 13.0. The van der Waals surface area contributed by atoms with E-state index in [0.29, 0.717) is 23.3 Å². The maximum Gasteiger partial charge on any atom is 0.282 e. The van der Waals surface area contributed by atoms with Crippen molar-refractivity contribution in [2.75, 3.05) is 11.9 Å². The molecule has 3 aromatic carbocycles. The summed E-state index contributed by atoms with van der Waals surface area (Å²) in [5.74, 6) is 0.170. The number of anilines is 1. The van der Waals surface area contributed by atoms with Crippen molar-refractivity contribution < 1.29 is 9.53 Å². The standard InChI is InChI=1S/C24H21N3O3/c1-3-30-21-15-9-5-11-17(21)16-10-4-6-12-18(16)26-23(28)22-24(29)27(2)20-14-8-7-13-19(20)25-22/h4-15H,3H2,1-2H3,(H,26,28). The topological polar surface area (TPSA) is 73.2 Å². The molecule has 6 heteroatoms. The van der Waals surface area contributed by atoms with Crippen LogP contribution < -0.4 is 15.6 Å². The highest BCUT2D eigenvalue weighted by atomic mass is 16.5. The molecule has 4 aromatic rings. The molecule has 6 nitrogen and oxygen atoms in total. The molecule has 1 N–H and O–H groups in total. The Morgan fingerprint density at radius 2 is 1.63 bits per heavy atom. The summed E-state index contributed by atoms with van der Waals surface area (Å²) in [4.78, 5) is 30.0. The van der Waals surface area contributed by atoms with Crippen LogP contribution in [0.4, 0.5) is 5.69 Å². The van der Waals surface area contributed by atoms with E-state index in [1.807, 2.05) is 61.5 Å². The Balaban J connectivity index is 1.75. The molecule has 0 saturated heterocycles. The largest absolute Gasteiger partial charge is 0.493 e. The van der Waals surface area contributed by atoms with Gasteiger partial charge in [-0.3, -0.25) is 9.59 Å². The fourth-order valence-corrected chi connectivity index (χ4v) is 3.41. The molecule has 0 aliphatic carbocycles. The lowest BCUT2D eigenvalue weighted by atomic mass is 10.0. The van der Waals surface area contributed by atoms with Crippen molar-refractivity contribution in [1.82, 2.24) is 9.55 Å². The molecule has 0 saturated carbocycles. The molecule has 1 amide bonds. The van der Waals surface area contributed by atoms with E-state index in [9.17, 15) is 9.59 Å². The Morgan fingerprint density at radius 1 is 0.967 bits per heavy atom. The van der Waals surface area contributed by atoms with Gasteiger partial charge in [-0.05, 0) is 31.2 Å². The maximum atomic E-state index is 13.0. The van der Waals surface area contributed by atoms with Crippen molar-refractivity contribution in [1.29, 1.82) is 0 Å². The van der Waals surface area contributed by atoms with Crippen LogP contribution in [0.1, 0.15) is 17.4 Å². The Labute approximate surface area is 173 Å². The fourth-order valence-electron chi connectivity index (χ4n) is 3.41. The molecule has 0 radical (unpaired) electrons. The van der Waals surface area contributed by atoms with Gasteiger partial charge in [-0.1, -0.05) is 48.5 Å². The van der Waals surface area contributed by atoms with Crippen LogP contribution in [0.2, 0.25) is 0 Å². The number of rotatable bonds is 5. The Morgan fingerprint density at radius 3 is 2.43 bits per heavy atom. The molecule has 150 valence electrons. The first-order valence-corrected chi connectivity index (χ1v) is 9.68. The number of aromatic nitrogens is 2. The summed E-state index contributed by atoms with van der Waals surface area (Å²) in [6.07, 6.45) is 0. The Bertz CT molecular complexity index is 1290. The third-order valence-electron chi connectivity index (χ3n) is 4.85. The van der Waals surface area contributed by atoms with E-state index in [4.69, 9.17) is 4.74 Å². The monoisotopic (exact) mass is 399 g/mol. The van der Waals surface area contributed by atoms with Crippen LogP contribution in [-0.2, 0) is 7.05 Å². The Hall–Kier alpha value is -3.93. The lowest BCUT2D eigenvalue weighted by Crippen LogP contribution is -2.29. The zero-order chi connectivity index (χ0) is 21.1. The van der Waals surface area contributed by atoms with Crippen molar-refractivity contribution >= 4 is 22.6 Å².